The fraction of sp³-hybridized carbons (Fsp3) is 0.364. The molecule has 5 nitrogen and oxygen atoms in total. The standard InChI is InChI=1S/C44H47N5/c1-42(2,3)25-15-17-31-28(21-25)27-16-18-32-29-22-26(43(4,5)6)23-30-38(29)39(49-34-14-12-11-13-33(34)45(10)40(30)49)35-24-46-36(44(7,8)9)19-20-37(46)48(31)41(27)47(32)35/h12,14-23H,11,13,24H2,1-10H3/q+2. The fourth-order valence-electron chi connectivity index (χ4n) is 9.29. The summed E-state index contributed by atoms with van der Waals surface area (Å²) in [5, 5.41) is 6.73. The SMILES string of the molecule is Cn1c2c([n+]3c4c5n6c(ccc7c8cc(C(C)(C)C)ccc8[n+](c76)-c6ccc(C(C)(C)C)n6C5)c5cc(C(C)(C)C)cc(c54)c13)C=CCC2. The van der Waals surface area contributed by atoms with Gasteiger partial charge < -0.3 is 0 Å². The van der Waals surface area contributed by atoms with Crippen LogP contribution in [0.15, 0.2) is 60.7 Å². The van der Waals surface area contributed by atoms with E-state index in [-0.39, 0.29) is 16.2 Å². The first kappa shape index (κ1) is 29.3. The maximum atomic E-state index is 2.66. The van der Waals surface area contributed by atoms with Crippen LogP contribution in [0.1, 0.15) is 103 Å². The average Bonchev–Trinajstić information content (AvgIpc) is 3.75. The zero-order valence-corrected chi connectivity index (χ0v) is 30.7. The number of aryl methyl sites for hydroxylation is 1. The van der Waals surface area contributed by atoms with E-state index in [1.54, 1.807) is 0 Å². The van der Waals surface area contributed by atoms with Crippen LogP contribution < -0.4 is 8.97 Å². The van der Waals surface area contributed by atoms with E-state index in [1.807, 2.05) is 0 Å². The third-order valence-electron chi connectivity index (χ3n) is 11.8. The van der Waals surface area contributed by atoms with E-state index in [2.05, 4.69) is 159 Å². The lowest BCUT2D eigenvalue weighted by Crippen LogP contribution is -2.34. The van der Waals surface area contributed by atoms with Gasteiger partial charge in [-0.05, 0) is 76.9 Å². The van der Waals surface area contributed by atoms with Gasteiger partial charge in [-0.2, -0.15) is 8.97 Å². The summed E-state index contributed by atoms with van der Waals surface area (Å²) < 4.78 is 13.0. The van der Waals surface area contributed by atoms with Gasteiger partial charge in [0.25, 0.3) is 5.65 Å². The van der Waals surface area contributed by atoms with Crippen LogP contribution in [-0.4, -0.2) is 13.5 Å². The van der Waals surface area contributed by atoms with Crippen LogP contribution >= 0.6 is 0 Å². The number of rotatable bonds is 0. The van der Waals surface area contributed by atoms with Gasteiger partial charge in [0, 0.05) is 28.7 Å². The second-order valence-corrected chi connectivity index (χ2v) is 18.0. The van der Waals surface area contributed by atoms with Crippen LogP contribution in [0.3, 0.4) is 0 Å². The molecule has 7 heterocycles. The third kappa shape index (κ3) is 3.61. The lowest BCUT2D eigenvalue weighted by Gasteiger charge is -2.21. The molecule has 10 rings (SSSR count). The normalized spacial score (nSPS) is 15.2. The van der Waals surface area contributed by atoms with E-state index in [4.69, 9.17) is 0 Å². The van der Waals surface area contributed by atoms with Crippen LogP contribution in [0.2, 0.25) is 0 Å². The van der Waals surface area contributed by atoms with Gasteiger partial charge >= 0.3 is 0 Å². The van der Waals surface area contributed by atoms with Gasteiger partial charge in [-0.15, -0.1) is 0 Å². The van der Waals surface area contributed by atoms with Crippen LogP contribution in [0.4, 0.5) is 0 Å². The number of allylic oxidation sites excluding steroid dienone is 1. The summed E-state index contributed by atoms with van der Waals surface area (Å²) in [4.78, 5) is 0. The predicted molar refractivity (Wildman–Crippen MR) is 203 cm³/mol. The maximum Gasteiger partial charge on any atom is 0.295 e. The number of hydrogen-bond acceptors (Lipinski definition) is 0. The summed E-state index contributed by atoms with van der Waals surface area (Å²) in [7, 11) is 2.29. The Kier molecular flexibility index (Phi) is 5.34. The fourth-order valence-corrected chi connectivity index (χ4v) is 9.29. The molecule has 2 aliphatic rings. The topological polar surface area (TPSA) is 22.2 Å². The molecule has 1 aliphatic carbocycles. The highest BCUT2D eigenvalue weighted by molar-refractivity contribution is 6.20. The number of nitrogens with zero attached hydrogens (tertiary/aromatic N) is 5. The van der Waals surface area contributed by atoms with E-state index in [9.17, 15) is 0 Å². The molecule has 0 spiro atoms. The molecule has 0 N–H and O–H groups in total. The minimum atomic E-state index is -0.0169. The summed E-state index contributed by atoms with van der Waals surface area (Å²) in [5.41, 5.74) is 14.8. The molecule has 8 aromatic rings. The van der Waals surface area contributed by atoms with Crippen LogP contribution in [0.5, 0.6) is 0 Å². The van der Waals surface area contributed by atoms with Crippen molar-refractivity contribution in [2.75, 3.05) is 0 Å². The Morgan fingerprint density at radius 1 is 0.673 bits per heavy atom. The molecule has 0 saturated carbocycles. The quantitative estimate of drug-likeness (QED) is 0.116. The van der Waals surface area contributed by atoms with Crippen LogP contribution in [0, 0.1) is 0 Å². The molecule has 0 saturated heterocycles. The molecule has 0 fully saturated rings. The molecule has 2 aromatic carbocycles. The molecule has 49 heavy (non-hydrogen) atoms. The van der Waals surface area contributed by atoms with Gasteiger partial charge in [0.2, 0.25) is 11.5 Å². The van der Waals surface area contributed by atoms with Gasteiger partial charge in [0.15, 0.2) is 22.6 Å². The second-order valence-electron chi connectivity index (χ2n) is 18.0. The van der Waals surface area contributed by atoms with Crippen LogP contribution in [-0.2, 0) is 36.3 Å². The highest BCUT2D eigenvalue weighted by Crippen LogP contribution is 2.43. The summed E-state index contributed by atoms with van der Waals surface area (Å²) in [6.45, 7) is 21.9. The van der Waals surface area contributed by atoms with Crippen molar-refractivity contribution in [3.8, 4) is 5.82 Å². The Morgan fingerprint density at radius 2 is 1.41 bits per heavy atom. The molecule has 6 aromatic heterocycles. The van der Waals surface area contributed by atoms with E-state index in [1.165, 1.54) is 94.5 Å². The first-order valence-electron chi connectivity index (χ1n) is 18.1. The molecule has 0 atom stereocenters. The molecule has 246 valence electrons. The summed E-state index contributed by atoms with van der Waals surface area (Å²) in [5.74, 6) is 1.25. The zero-order chi connectivity index (χ0) is 34.1. The number of benzene rings is 2. The zero-order valence-electron chi connectivity index (χ0n) is 30.7. The molecule has 0 radical (unpaired) electrons. The van der Waals surface area contributed by atoms with Crippen molar-refractivity contribution in [3.63, 3.8) is 0 Å². The monoisotopic (exact) mass is 645 g/mol. The summed E-state index contributed by atoms with van der Waals surface area (Å²) >= 11 is 0. The van der Waals surface area contributed by atoms with Crippen molar-refractivity contribution in [3.05, 3.63) is 94.6 Å². The number of aromatic nitrogens is 5. The van der Waals surface area contributed by atoms with Crippen molar-refractivity contribution in [1.82, 2.24) is 13.5 Å². The second kappa shape index (κ2) is 8.93. The number of pyridine rings is 2. The summed E-state index contributed by atoms with van der Waals surface area (Å²) in [6, 6.07) is 21.8. The Bertz CT molecular complexity index is 2790. The van der Waals surface area contributed by atoms with Gasteiger partial charge in [-0.1, -0.05) is 74.5 Å². The first-order chi connectivity index (χ1) is 23.1. The highest BCUT2D eigenvalue weighted by atomic mass is 15.2. The van der Waals surface area contributed by atoms with Gasteiger partial charge in [-0.3, -0.25) is 4.57 Å². The van der Waals surface area contributed by atoms with Crippen molar-refractivity contribution >= 4 is 60.9 Å². The predicted octanol–water partition coefficient (Wildman–Crippen LogP) is 9.36. The highest BCUT2D eigenvalue weighted by Gasteiger charge is 2.39. The Hall–Kier alpha value is -4.64. The van der Waals surface area contributed by atoms with E-state index < -0.39 is 0 Å². The number of imidazole rings is 1. The Labute approximate surface area is 288 Å². The minimum Gasteiger partial charge on any atom is -0.255 e. The molecular formula is C44H47N5+2. The molecular weight excluding hydrogens is 599 g/mol. The average molecular weight is 646 g/mol. The Morgan fingerprint density at radius 3 is 2.14 bits per heavy atom. The van der Waals surface area contributed by atoms with E-state index in [0.717, 1.165) is 19.4 Å². The number of hydrogen-bond donors (Lipinski definition) is 0. The van der Waals surface area contributed by atoms with Gasteiger partial charge in [-0.25, -0.2) is 8.97 Å². The smallest absolute Gasteiger partial charge is 0.255 e. The van der Waals surface area contributed by atoms with Crippen molar-refractivity contribution < 1.29 is 8.97 Å². The van der Waals surface area contributed by atoms with E-state index in [0.29, 0.717) is 0 Å². The van der Waals surface area contributed by atoms with Crippen molar-refractivity contribution in [2.24, 2.45) is 7.05 Å². The first-order valence-corrected chi connectivity index (χ1v) is 18.1. The number of fused-ring (bicyclic) bond motifs is 12. The largest absolute Gasteiger partial charge is 0.295 e. The summed E-state index contributed by atoms with van der Waals surface area (Å²) in [6.07, 6.45) is 6.91. The molecule has 0 unspecified atom stereocenters. The van der Waals surface area contributed by atoms with E-state index >= 15 is 0 Å². The van der Waals surface area contributed by atoms with Crippen LogP contribution in [0.25, 0.3) is 66.7 Å². The lowest BCUT2D eigenvalue weighted by atomic mass is 9.85. The molecule has 0 bridgehead atoms. The molecule has 1 aliphatic heterocycles. The van der Waals surface area contributed by atoms with Gasteiger partial charge in [0.05, 0.1) is 28.9 Å². The third-order valence-corrected chi connectivity index (χ3v) is 11.8. The van der Waals surface area contributed by atoms with Crippen molar-refractivity contribution in [1.29, 1.82) is 0 Å². The van der Waals surface area contributed by atoms with Gasteiger partial charge in [0.1, 0.15) is 17.6 Å². The molecule has 0 amide bonds. The molecule has 5 heteroatoms. The maximum absolute atomic E-state index is 2.66. The minimum absolute atomic E-state index is 0.00881. The van der Waals surface area contributed by atoms with Crippen molar-refractivity contribution in [2.45, 2.75) is 97.9 Å². The lowest BCUT2D eigenvalue weighted by molar-refractivity contribution is -0.544. The Balaban J connectivity index is 1.52.